The summed E-state index contributed by atoms with van der Waals surface area (Å²) in [7, 11) is 0. The number of hydrogen-bond donors (Lipinski definition) is 1. The van der Waals surface area contributed by atoms with E-state index in [0.717, 1.165) is 23.3 Å². The Morgan fingerprint density at radius 3 is 2.32 bits per heavy atom. The van der Waals surface area contributed by atoms with E-state index in [4.69, 9.17) is 5.73 Å². The Labute approximate surface area is 147 Å². The van der Waals surface area contributed by atoms with Crippen molar-refractivity contribution in [2.24, 2.45) is 5.73 Å². The van der Waals surface area contributed by atoms with Crippen LogP contribution in [0.25, 0.3) is 0 Å². The summed E-state index contributed by atoms with van der Waals surface area (Å²) in [6, 6.07) is 6.16. The van der Waals surface area contributed by atoms with Gasteiger partial charge in [-0.1, -0.05) is 37.6 Å². The number of piperidine rings is 1. The number of amides is 1. The average molecular weight is 356 g/mol. The molecule has 1 aromatic carbocycles. The molecule has 1 saturated heterocycles. The average Bonchev–Trinajstić information content (AvgIpc) is 2.55. The number of likely N-dealkylation sites (tertiary alicyclic amines) is 1. The molecule has 2 N–H and O–H groups in total. The number of hydrogen-bond acceptors (Lipinski definition) is 2. The molecule has 25 heavy (non-hydrogen) atoms. The summed E-state index contributed by atoms with van der Waals surface area (Å²) in [6.45, 7) is 2.12. The molecule has 2 unspecified atom stereocenters. The van der Waals surface area contributed by atoms with Crippen LogP contribution < -0.4 is 5.73 Å². The number of carbonyl (C=O) groups excluding carboxylic acids is 1. The molecule has 1 heterocycles. The van der Waals surface area contributed by atoms with Crippen molar-refractivity contribution in [1.82, 2.24) is 4.90 Å². The first-order valence-electron chi connectivity index (χ1n) is 9.00. The normalized spacial score (nSPS) is 21.4. The molecule has 1 amide bonds. The molecule has 0 aromatic heterocycles. The molecular weight excluding hydrogens is 329 g/mol. The second kappa shape index (κ2) is 8.70. The fourth-order valence-electron chi connectivity index (χ4n) is 3.36. The van der Waals surface area contributed by atoms with Crippen molar-refractivity contribution in [1.29, 1.82) is 0 Å². The second-order valence-corrected chi connectivity index (χ2v) is 6.86. The molecule has 0 saturated carbocycles. The van der Waals surface area contributed by atoms with Gasteiger partial charge in [0.05, 0.1) is 0 Å². The van der Waals surface area contributed by atoms with Gasteiger partial charge in [0.15, 0.2) is 0 Å². The predicted molar refractivity (Wildman–Crippen MR) is 92.1 cm³/mol. The quantitative estimate of drug-likeness (QED) is 0.842. The number of nitrogens with zero attached hydrogens (tertiary/aromatic N) is 1. The number of aryl methyl sites for hydroxylation is 2. The lowest BCUT2D eigenvalue weighted by Crippen LogP contribution is -2.56. The maximum absolute atomic E-state index is 13.1. The van der Waals surface area contributed by atoms with Crippen LogP contribution in [-0.4, -0.2) is 35.6 Å². The molecule has 140 valence electrons. The van der Waals surface area contributed by atoms with Crippen LogP contribution >= 0.6 is 0 Å². The van der Waals surface area contributed by atoms with Gasteiger partial charge in [-0.3, -0.25) is 4.79 Å². The fraction of sp³-hybridized carbons (Fsp3) is 0.632. The van der Waals surface area contributed by atoms with Crippen LogP contribution in [-0.2, 0) is 17.6 Å². The number of halogens is 3. The third kappa shape index (κ3) is 5.73. The molecule has 1 aliphatic heterocycles. The molecule has 0 aliphatic carbocycles. The van der Waals surface area contributed by atoms with Gasteiger partial charge >= 0.3 is 6.18 Å². The highest BCUT2D eigenvalue weighted by molar-refractivity contribution is 5.76. The van der Waals surface area contributed by atoms with Gasteiger partial charge in [-0.05, 0) is 43.2 Å². The van der Waals surface area contributed by atoms with E-state index >= 15 is 0 Å². The predicted octanol–water partition coefficient (Wildman–Crippen LogP) is 3.84. The topological polar surface area (TPSA) is 46.3 Å². The first kappa shape index (κ1) is 19.8. The van der Waals surface area contributed by atoms with Gasteiger partial charge in [-0.15, -0.1) is 0 Å². The zero-order valence-corrected chi connectivity index (χ0v) is 14.7. The molecule has 1 aromatic rings. The Hall–Kier alpha value is -1.56. The van der Waals surface area contributed by atoms with Gasteiger partial charge in [0.1, 0.15) is 6.04 Å². The van der Waals surface area contributed by atoms with Crippen LogP contribution in [0.4, 0.5) is 13.2 Å². The third-order valence-electron chi connectivity index (χ3n) is 4.73. The van der Waals surface area contributed by atoms with Gasteiger partial charge in [0, 0.05) is 19.0 Å². The Balaban J connectivity index is 1.87. The lowest BCUT2D eigenvalue weighted by molar-refractivity contribution is -0.196. The minimum Gasteiger partial charge on any atom is -0.329 e. The highest BCUT2D eigenvalue weighted by Gasteiger charge is 2.47. The van der Waals surface area contributed by atoms with Gasteiger partial charge in [-0.2, -0.15) is 13.2 Å². The Morgan fingerprint density at radius 2 is 1.76 bits per heavy atom. The first-order valence-corrected chi connectivity index (χ1v) is 9.00. The zero-order chi connectivity index (χ0) is 18.4. The highest BCUT2D eigenvalue weighted by atomic mass is 19.4. The van der Waals surface area contributed by atoms with E-state index in [-0.39, 0.29) is 25.4 Å². The van der Waals surface area contributed by atoms with Gasteiger partial charge in [0.25, 0.3) is 0 Å². The van der Waals surface area contributed by atoms with Crippen LogP contribution in [0.2, 0.25) is 0 Å². The number of carbonyl (C=O) groups is 1. The number of benzene rings is 1. The van der Waals surface area contributed by atoms with E-state index in [1.807, 2.05) is 12.1 Å². The second-order valence-electron chi connectivity index (χ2n) is 6.86. The summed E-state index contributed by atoms with van der Waals surface area (Å²) < 4.78 is 39.4. The van der Waals surface area contributed by atoms with Crippen molar-refractivity contribution in [2.45, 2.75) is 70.1 Å². The molecule has 2 atom stereocenters. The monoisotopic (exact) mass is 356 g/mol. The summed E-state index contributed by atoms with van der Waals surface area (Å²) in [5.41, 5.74) is 8.15. The van der Waals surface area contributed by atoms with Crippen molar-refractivity contribution in [3.63, 3.8) is 0 Å². The van der Waals surface area contributed by atoms with E-state index < -0.39 is 18.1 Å². The SMILES string of the molecule is CCCc1ccc(CCCC(=O)N2CC(N)CCC2C(F)(F)F)cc1. The zero-order valence-electron chi connectivity index (χ0n) is 14.7. The molecule has 0 radical (unpaired) electrons. The van der Waals surface area contributed by atoms with Crippen molar-refractivity contribution in [3.05, 3.63) is 35.4 Å². The van der Waals surface area contributed by atoms with Crippen LogP contribution in [0.15, 0.2) is 24.3 Å². The van der Waals surface area contributed by atoms with Crippen LogP contribution in [0.1, 0.15) is 50.2 Å². The maximum Gasteiger partial charge on any atom is 0.408 e. The minimum atomic E-state index is -4.38. The van der Waals surface area contributed by atoms with E-state index in [2.05, 4.69) is 19.1 Å². The summed E-state index contributed by atoms with van der Waals surface area (Å²) in [4.78, 5) is 13.2. The Bertz CT molecular complexity index is 557. The summed E-state index contributed by atoms with van der Waals surface area (Å²) in [6.07, 6.45) is -0.704. The molecule has 1 aliphatic rings. The first-order chi connectivity index (χ1) is 11.8. The van der Waals surface area contributed by atoms with Crippen molar-refractivity contribution < 1.29 is 18.0 Å². The van der Waals surface area contributed by atoms with Gasteiger partial charge in [-0.25, -0.2) is 0 Å². The molecule has 0 bridgehead atoms. The highest BCUT2D eigenvalue weighted by Crippen LogP contribution is 2.32. The Morgan fingerprint density at radius 1 is 1.16 bits per heavy atom. The molecule has 1 fully saturated rings. The summed E-state index contributed by atoms with van der Waals surface area (Å²) >= 11 is 0. The number of alkyl halides is 3. The van der Waals surface area contributed by atoms with Crippen LogP contribution in [0.5, 0.6) is 0 Å². The van der Waals surface area contributed by atoms with E-state index in [1.165, 1.54) is 5.56 Å². The largest absolute Gasteiger partial charge is 0.408 e. The van der Waals surface area contributed by atoms with Crippen molar-refractivity contribution >= 4 is 5.91 Å². The summed E-state index contributed by atoms with van der Waals surface area (Å²) in [5, 5.41) is 0. The van der Waals surface area contributed by atoms with E-state index in [9.17, 15) is 18.0 Å². The minimum absolute atomic E-state index is 0.00523. The van der Waals surface area contributed by atoms with E-state index in [1.54, 1.807) is 0 Å². The maximum atomic E-state index is 13.1. The van der Waals surface area contributed by atoms with Crippen LogP contribution in [0, 0.1) is 0 Å². The fourth-order valence-corrected chi connectivity index (χ4v) is 3.36. The van der Waals surface area contributed by atoms with E-state index in [0.29, 0.717) is 19.3 Å². The third-order valence-corrected chi connectivity index (χ3v) is 4.73. The Kier molecular flexibility index (Phi) is 6.87. The molecule has 3 nitrogen and oxygen atoms in total. The molecule has 2 rings (SSSR count). The molecule has 0 spiro atoms. The van der Waals surface area contributed by atoms with Gasteiger partial charge in [0.2, 0.25) is 5.91 Å². The molecule has 6 heteroatoms. The lowest BCUT2D eigenvalue weighted by Gasteiger charge is -2.39. The standard InChI is InChI=1S/C19H27F3N2O/c1-2-4-14-7-9-15(10-8-14)5-3-6-18(25)24-13-16(23)11-12-17(24)19(20,21)22/h7-10,16-17H,2-6,11-13,23H2,1H3. The van der Waals surface area contributed by atoms with Crippen molar-refractivity contribution in [2.75, 3.05) is 6.54 Å². The number of nitrogens with two attached hydrogens (primary N) is 1. The lowest BCUT2D eigenvalue weighted by atomic mass is 9.97. The number of rotatable bonds is 6. The van der Waals surface area contributed by atoms with Crippen LogP contribution in [0.3, 0.4) is 0 Å². The van der Waals surface area contributed by atoms with Crippen molar-refractivity contribution in [3.8, 4) is 0 Å². The summed E-state index contributed by atoms with van der Waals surface area (Å²) in [5.74, 6) is -0.444. The smallest absolute Gasteiger partial charge is 0.329 e. The van der Waals surface area contributed by atoms with Gasteiger partial charge < -0.3 is 10.6 Å². The molecular formula is C19H27F3N2O.